The lowest BCUT2D eigenvalue weighted by Crippen LogP contribution is -2.36. The Hall–Kier alpha value is -4.96. The second kappa shape index (κ2) is 10.3. The van der Waals surface area contributed by atoms with Crippen LogP contribution in [0.5, 0.6) is 5.75 Å². The van der Waals surface area contributed by atoms with Gasteiger partial charge in [-0.25, -0.2) is 14.5 Å². The normalized spacial score (nSPS) is 14.7. The number of pyridine rings is 2. The number of hydrogen-bond donors (Lipinski definition) is 3. The number of rotatable bonds is 7. The summed E-state index contributed by atoms with van der Waals surface area (Å²) in [6.07, 6.45) is 5.93. The van der Waals surface area contributed by atoms with Gasteiger partial charge in [0.1, 0.15) is 34.3 Å². The zero-order chi connectivity index (χ0) is 28.3. The minimum absolute atomic E-state index is 0.00939. The van der Waals surface area contributed by atoms with Crippen molar-refractivity contribution < 1.29 is 18.4 Å². The van der Waals surface area contributed by atoms with E-state index in [1.54, 1.807) is 24.5 Å². The molecule has 13 nitrogen and oxygen atoms in total. The van der Waals surface area contributed by atoms with Crippen molar-refractivity contribution in [2.75, 3.05) is 55.9 Å². The SMILES string of the molecule is [2H]C([2H])([2H])NC(=O)c1cnc(Nc2ccc(N3CCOCC3)cn2)nc1Nc1ccn2ncc(C#N)c2c1OC. The summed E-state index contributed by atoms with van der Waals surface area (Å²) >= 11 is 0. The summed E-state index contributed by atoms with van der Waals surface area (Å²) in [7, 11) is 1.43. The molecule has 188 valence electrons. The zero-order valence-corrected chi connectivity index (χ0v) is 19.7. The molecule has 0 aromatic carbocycles. The maximum Gasteiger partial charge on any atom is 0.256 e. The molecular weight excluding hydrogens is 476 g/mol. The monoisotopic (exact) mass is 503 g/mol. The Labute approximate surface area is 216 Å². The van der Waals surface area contributed by atoms with Gasteiger partial charge in [0, 0.05) is 36.6 Å². The molecule has 1 fully saturated rings. The molecule has 4 aromatic rings. The number of hydrogen-bond acceptors (Lipinski definition) is 11. The molecule has 0 atom stereocenters. The number of carbonyl (C=O) groups is 1. The van der Waals surface area contributed by atoms with Crippen LogP contribution in [0.2, 0.25) is 0 Å². The lowest BCUT2D eigenvalue weighted by molar-refractivity contribution is 0.0963. The summed E-state index contributed by atoms with van der Waals surface area (Å²) in [5.74, 6) is -0.0949. The molecule has 0 spiro atoms. The van der Waals surface area contributed by atoms with Crippen molar-refractivity contribution in [1.82, 2.24) is 29.9 Å². The molecule has 3 N–H and O–H groups in total. The van der Waals surface area contributed by atoms with E-state index in [0.717, 1.165) is 18.8 Å². The first-order chi connectivity index (χ1) is 19.3. The standard InChI is InChI=1S/C24H24N10O3/c1-26-23(35)17-14-28-24(31-19-4-3-16(13-27-19)33-7-9-37-10-8-33)32-22(17)30-18-5-6-34-20(21(18)36-2)15(11-25)12-29-34/h3-6,12-14H,7-10H2,1-2H3,(H,26,35)(H2,27,28,30,31,32)/i1D3. The molecule has 0 bridgehead atoms. The number of fused-ring (bicyclic) bond motifs is 1. The van der Waals surface area contributed by atoms with E-state index in [-0.39, 0.29) is 28.6 Å². The van der Waals surface area contributed by atoms with Crippen LogP contribution in [0.1, 0.15) is 20.0 Å². The third kappa shape index (κ3) is 4.78. The van der Waals surface area contributed by atoms with E-state index in [0.29, 0.717) is 30.2 Å². The van der Waals surface area contributed by atoms with Crippen molar-refractivity contribution in [2.45, 2.75) is 0 Å². The molecule has 1 aliphatic rings. The van der Waals surface area contributed by atoms with Gasteiger partial charge in [0.25, 0.3) is 5.91 Å². The number of amides is 1. The van der Waals surface area contributed by atoms with E-state index in [2.05, 4.69) is 41.7 Å². The number of carbonyl (C=O) groups excluding carboxylic acids is 1. The Morgan fingerprint density at radius 2 is 2.05 bits per heavy atom. The van der Waals surface area contributed by atoms with Crippen LogP contribution in [0.3, 0.4) is 0 Å². The molecule has 5 rings (SSSR count). The van der Waals surface area contributed by atoms with Gasteiger partial charge in [-0.2, -0.15) is 15.3 Å². The van der Waals surface area contributed by atoms with Crippen molar-refractivity contribution in [1.29, 1.82) is 5.26 Å². The fraction of sp³-hybridized carbons (Fsp3) is 0.250. The van der Waals surface area contributed by atoms with Crippen LogP contribution in [0, 0.1) is 11.3 Å². The first-order valence-corrected chi connectivity index (χ1v) is 11.2. The molecule has 13 heteroatoms. The lowest BCUT2D eigenvalue weighted by atomic mass is 10.2. The van der Waals surface area contributed by atoms with Gasteiger partial charge < -0.3 is 30.3 Å². The van der Waals surface area contributed by atoms with E-state index in [4.69, 9.17) is 13.6 Å². The molecule has 37 heavy (non-hydrogen) atoms. The summed E-state index contributed by atoms with van der Waals surface area (Å²) in [5.41, 5.74) is 1.85. The van der Waals surface area contributed by atoms with Crippen LogP contribution >= 0.6 is 0 Å². The predicted molar refractivity (Wildman–Crippen MR) is 136 cm³/mol. The molecule has 0 unspecified atom stereocenters. The van der Waals surface area contributed by atoms with Crippen LogP contribution in [0.15, 0.2) is 43.0 Å². The fourth-order valence-electron chi connectivity index (χ4n) is 3.92. The fourth-order valence-corrected chi connectivity index (χ4v) is 3.92. The van der Waals surface area contributed by atoms with Crippen molar-refractivity contribution >= 4 is 40.4 Å². The lowest BCUT2D eigenvalue weighted by Gasteiger charge is -2.28. The predicted octanol–water partition coefficient (Wildman–Crippen LogP) is 2.08. The largest absolute Gasteiger partial charge is 0.492 e. The van der Waals surface area contributed by atoms with Gasteiger partial charge in [-0.3, -0.25) is 4.79 Å². The Morgan fingerprint density at radius 3 is 2.78 bits per heavy atom. The Morgan fingerprint density at radius 1 is 1.19 bits per heavy atom. The van der Waals surface area contributed by atoms with E-state index in [1.807, 2.05) is 11.4 Å². The van der Waals surface area contributed by atoms with E-state index >= 15 is 0 Å². The molecule has 5 heterocycles. The summed E-state index contributed by atoms with van der Waals surface area (Å²) in [4.78, 5) is 28.0. The van der Waals surface area contributed by atoms with Crippen LogP contribution in [0.4, 0.5) is 29.0 Å². The summed E-state index contributed by atoms with van der Waals surface area (Å²) in [6, 6.07) is 7.37. The summed E-state index contributed by atoms with van der Waals surface area (Å²) < 4.78 is 34.7. The number of nitriles is 1. The number of nitrogens with zero attached hydrogens (tertiary/aromatic N) is 7. The van der Waals surface area contributed by atoms with E-state index in [9.17, 15) is 10.1 Å². The number of nitrogens with one attached hydrogen (secondary N) is 3. The number of methoxy groups -OCH3 is 1. The molecule has 1 saturated heterocycles. The quantitative estimate of drug-likeness (QED) is 0.339. The average Bonchev–Trinajstić information content (AvgIpc) is 3.36. The maximum atomic E-state index is 12.8. The maximum absolute atomic E-state index is 12.8. The first-order valence-electron chi connectivity index (χ1n) is 12.7. The van der Waals surface area contributed by atoms with E-state index in [1.165, 1.54) is 24.0 Å². The second-order valence-electron chi connectivity index (χ2n) is 7.89. The smallest absolute Gasteiger partial charge is 0.256 e. The summed E-state index contributed by atoms with van der Waals surface area (Å²) in [6.45, 7) is 0.130. The third-order valence-electron chi connectivity index (χ3n) is 5.73. The third-order valence-corrected chi connectivity index (χ3v) is 5.73. The average molecular weight is 504 g/mol. The van der Waals surface area contributed by atoms with Gasteiger partial charge in [0.15, 0.2) is 5.75 Å². The van der Waals surface area contributed by atoms with Gasteiger partial charge in [-0.15, -0.1) is 0 Å². The van der Waals surface area contributed by atoms with Gasteiger partial charge in [-0.05, 0) is 18.2 Å². The van der Waals surface area contributed by atoms with Crippen molar-refractivity contribution in [3.63, 3.8) is 0 Å². The molecule has 4 aromatic heterocycles. The highest BCUT2D eigenvalue weighted by Gasteiger charge is 2.19. The second-order valence-corrected chi connectivity index (χ2v) is 7.89. The minimum atomic E-state index is -2.73. The molecular formula is C24H24N10O3. The van der Waals surface area contributed by atoms with Gasteiger partial charge in [-0.1, -0.05) is 0 Å². The van der Waals surface area contributed by atoms with Crippen LogP contribution in [-0.4, -0.2) is 70.9 Å². The Kier molecular flexibility index (Phi) is 5.66. The number of aromatic nitrogens is 5. The highest BCUT2D eigenvalue weighted by molar-refractivity contribution is 5.99. The van der Waals surface area contributed by atoms with Crippen LogP contribution in [-0.2, 0) is 4.74 Å². The molecule has 1 amide bonds. The number of ether oxygens (including phenoxy) is 2. The van der Waals surface area contributed by atoms with Crippen molar-refractivity contribution in [3.05, 3.63) is 54.1 Å². The van der Waals surface area contributed by atoms with E-state index < -0.39 is 12.9 Å². The Balaban J connectivity index is 1.47. The van der Waals surface area contributed by atoms with Gasteiger partial charge >= 0.3 is 0 Å². The Bertz CT molecular complexity index is 1580. The zero-order valence-electron chi connectivity index (χ0n) is 22.7. The van der Waals surface area contributed by atoms with Gasteiger partial charge in [0.05, 0.1) is 44.1 Å². The molecule has 0 aliphatic carbocycles. The van der Waals surface area contributed by atoms with Crippen molar-refractivity contribution in [2.24, 2.45) is 0 Å². The van der Waals surface area contributed by atoms with Crippen LogP contribution < -0.4 is 25.6 Å². The van der Waals surface area contributed by atoms with Crippen LogP contribution in [0.25, 0.3) is 5.52 Å². The highest BCUT2D eigenvalue weighted by Crippen LogP contribution is 2.34. The van der Waals surface area contributed by atoms with Gasteiger partial charge in [0.2, 0.25) is 5.95 Å². The molecule has 0 radical (unpaired) electrons. The minimum Gasteiger partial charge on any atom is -0.492 e. The number of anilines is 5. The topological polar surface area (TPSA) is 155 Å². The first kappa shape index (κ1) is 20.3. The van der Waals surface area contributed by atoms with Crippen molar-refractivity contribution in [3.8, 4) is 11.8 Å². The molecule has 0 saturated carbocycles. The molecule has 1 aliphatic heterocycles. The summed E-state index contributed by atoms with van der Waals surface area (Å²) in [5, 5.41) is 21.6. The number of morpholine rings is 1. The highest BCUT2D eigenvalue weighted by atomic mass is 16.5.